The Kier molecular flexibility index (Phi) is 6.18. The molecule has 1 aliphatic rings. The first-order valence-corrected chi connectivity index (χ1v) is 9.77. The minimum Gasteiger partial charge on any atom is -0.341 e. The Balaban J connectivity index is 1.96. The number of carbonyl (C=O) groups excluding carboxylic acids is 1. The van der Waals surface area contributed by atoms with E-state index in [2.05, 4.69) is 4.90 Å². The van der Waals surface area contributed by atoms with Crippen LogP contribution in [0, 0.1) is 0 Å². The van der Waals surface area contributed by atoms with Gasteiger partial charge in [0.15, 0.2) is 9.84 Å². The van der Waals surface area contributed by atoms with Crippen LogP contribution in [0.4, 0.5) is 0 Å². The van der Waals surface area contributed by atoms with E-state index in [1.54, 1.807) is 30.3 Å². The molecule has 1 aromatic carbocycles. The molecule has 0 aliphatic carbocycles. The topological polar surface area (TPSA) is 57.7 Å². The first kappa shape index (κ1) is 17.9. The van der Waals surface area contributed by atoms with E-state index in [4.69, 9.17) is 0 Å². The van der Waals surface area contributed by atoms with Crippen molar-refractivity contribution in [2.24, 2.45) is 0 Å². The summed E-state index contributed by atoms with van der Waals surface area (Å²) in [7, 11) is 0.662. The van der Waals surface area contributed by atoms with Gasteiger partial charge in [0, 0.05) is 25.6 Å². The SMILES string of the molecule is CN(C)[C@H]1CCCCN(C(=O)CCS(=O)(=O)c2ccccc2)C1. The monoisotopic (exact) mass is 338 g/mol. The zero-order chi connectivity index (χ0) is 16.9. The lowest BCUT2D eigenvalue weighted by atomic mass is 10.1. The Bertz CT molecular complexity index is 614. The number of nitrogens with zero attached hydrogens (tertiary/aromatic N) is 2. The highest BCUT2D eigenvalue weighted by molar-refractivity contribution is 7.91. The minimum absolute atomic E-state index is 0.0530. The fourth-order valence-electron chi connectivity index (χ4n) is 2.89. The van der Waals surface area contributed by atoms with E-state index in [-0.39, 0.29) is 23.0 Å². The molecule has 0 radical (unpaired) electrons. The molecule has 128 valence electrons. The molecule has 1 heterocycles. The van der Waals surface area contributed by atoms with E-state index in [9.17, 15) is 13.2 Å². The van der Waals surface area contributed by atoms with Crippen molar-refractivity contribution in [3.63, 3.8) is 0 Å². The third kappa shape index (κ3) is 5.04. The zero-order valence-corrected chi connectivity index (χ0v) is 14.8. The second-order valence-corrected chi connectivity index (χ2v) is 8.44. The number of rotatable bonds is 5. The Hall–Kier alpha value is -1.40. The Morgan fingerprint density at radius 1 is 1.22 bits per heavy atom. The number of hydrogen-bond acceptors (Lipinski definition) is 4. The van der Waals surface area contributed by atoms with Crippen molar-refractivity contribution >= 4 is 15.7 Å². The average molecular weight is 338 g/mol. The molecule has 1 aromatic rings. The van der Waals surface area contributed by atoms with Crippen molar-refractivity contribution in [2.45, 2.75) is 36.6 Å². The Labute approximate surface area is 139 Å². The van der Waals surface area contributed by atoms with Gasteiger partial charge < -0.3 is 9.80 Å². The predicted octanol–water partition coefficient (Wildman–Crippen LogP) is 1.79. The number of likely N-dealkylation sites (N-methyl/N-ethyl adjacent to an activating group) is 1. The van der Waals surface area contributed by atoms with Crippen LogP contribution in [0.1, 0.15) is 25.7 Å². The van der Waals surface area contributed by atoms with Crippen LogP contribution in [0.15, 0.2) is 35.2 Å². The van der Waals surface area contributed by atoms with Crippen molar-refractivity contribution in [3.05, 3.63) is 30.3 Å². The zero-order valence-electron chi connectivity index (χ0n) is 13.9. The normalized spacial score (nSPS) is 19.6. The van der Waals surface area contributed by atoms with Crippen molar-refractivity contribution in [3.8, 4) is 0 Å². The number of carbonyl (C=O) groups is 1. The fourth-order valence-corrected chi connectivity index (χ4v) is 4.14. The van der Waals surface area contributed by atoms with E-state index in [1.165, 1.54) is 0 Å². The van der Waals surface area contributed by atoms with Crippen molar-refractivity contribution < 1.29 is 13.2 Å². The summed E-state index contributed by atoms with van der Waals surface area (Å²) in [6, 6.07) is 8.69. The molecule has 1 aliphatic heterocycles. The molecule has 23 heavy (non-hydrogen) atoms. The highest BCUT2D eigenvalue weighted by atomic mass is 32.2. The summed E-state index contributed by atoms with van der Waals surface area (Å²) in [5.41, 5.74) is 0. The molecule has 6 heteroatoms. The maximum absolute atomic E-state index is 12.4. The smallest absolute Gasteiger partial charge is 0.223 e. The molecular weight excluding hydrogens is 312 g/mol. The third-order valence-corrected chi connectivity index (χ3v) is 6.15. The molecule has 1 saturated heterocycles. The van der Waals surface area contributed by atoms with Crippen LogP contribution in [0.3, 0.4) is 0 Å². The minimum atomic E-state index is -3.39. The second kappa shape index (κ2) is 7.93. The molecule has 0 spiro atoms. The number of sulfone groups is 1. The molecule has 1 fully saturated rings. The maximum Gasteiger partial charge on any atom is 0.223 e. The molecule has 0 saturated carbocycles. The van der Waals surface area contributed by atoms with Gasteiger partial charge in [0.25, 0.3) is 0 Å². The molecular formula is C17H26N2O3S. The molecule has 0 aromatic heterocycles. The van der Waals surface area contributed by atoms with Crippen LogP contribution in [-0.2, 0) is 14.6 Å². The van der Waals surface area contributed by atoms with E-state index in [1.807, 2.05) is 19.0 Å². The largest absolute Gasteiger partial charge is 0.341 e. The number of hydrogen-bond donors (Lipinski definition) is 0. The van der Waals surface area contributed by atoms with Gasteiger partial charge in [-0.3, -0.25) is 4.79 Å². The van der Waals surface area contributed by atoms with Crippen LogP contribution >= 0.6 is 0 Å². The van der Waals surface area contributed by atoms with Gasteiger partial charge in [-0.1, -0.05) is 24.6 Å². The summed E-state index contributed by atoms with van der Waals surface area (Å²) in [5.74, 6) is -0.183. The second-order valence-electron chi connectivity index (χ2n) is 6.33. The molecule has 1 atom stereocenters. The summed E-state index contributed by atoms with van der Waals surface area (Å²) in [6.07, 6.45) is 3.23. The van der Waals surface area contributed by atoms with Crippen LogP contribution in [-0.4, -0.2) is 63.1 Å². The lowest BCUT2D eigenvalue weighted by Gasteiger charge is -2.28. The molecule has 0 N–H and O–H groups in total. The van der Waals surface area contributed by atoms with Gasteiger partial charge in [-0.05, 0) is 39.1 Å². The summed E-state index contributed by atoms with van der Waals surface area (Å²) in [6.45, 7) is 1.42. The Morgan fingerprint density at radius 3 is 2.57 bits per heavy atom. The summed E-state index contributed by atoms with van der Waals surface area (Å²) in [5, 5.41) is 0. The van der Waals surface area contributed by atoms with Crippen LogP contribution in [0.25, 0.3) is 0 Å². The van der Waals surface area contributed by atoms with E-state index < -0.39 is 9.84 Å². The summed E-state index contributed by atoms with van der Waals surface area (Å²) < 4.78 is 24.6. The molecule has 0 unspecified atom stereocenters. The summed E-state index contributed by atoms with van der Waals surface area (Å²) >= 11 is 0. The van der Waals surface area contributed by atoms with E-state index in [0.29, 0.717) is 12.6 Å². The van der Waals surface area contributed by atoms with Gasteiger partial charge in [-0.15, -0.1) is 0 Å². The lowest BCUT2D eigenvalue weighted by Crippen LogP contribution is -2.42. The molecule has 0 bridgehead atoms. The van der Waals surface area contributed by atoms with Crippen molar-refractivity contribution in [2.75, 3.05) is 32.9 Å². The van der Waals surface area contributed by atoms with Crippen LogP contribution in [0.2, 0.25) is 0 Å². The standard InChI is InChI=1S/C17H26N2O3S/c1-18(2)15-8-6-7-12-19(14-15)17(20)11-13-23(21,22)16-9-4-3-5-10-16/h3-5,9-10,15H,6-8,11-14H2,1-2H3/t15-/m0/s1. The molecule has 1 amide bonds. The molecule has 5 nitrogen and oxygen atoms in total. The maximum atomic E-state index is 12.4. The van der Waals surface area contributed by atoms with Crippen LogP contribution in [0.5, 0.6) is 0 Å². The highest BCUT2D eigenvalue weighted by Crippen LogP contribution is 2.16. The van der Waals surface area contributed by atoms with E-state index >= 15 is 0 Å². The third-order valence-electron chi connectivity index (χ3n) is 4.42. The average Bonchev–Trinajstić information content (AvgIpc) is 2.80. The van der Waals surface area contributed by atoms with Gasteiger partial charge in [0.2, 0.25) is 5.91 Å². The predicted molar refractivity (Wildman–Crippen MR) is 91.0 cm³/mol. The van der Waals surface area contributed by atoms with Gasteiger partial charge in [-0.2, -0.15) is 0 Å². The lowest BCUT2D eigenvalue weighted by molar-refractivity contribution is -0.131. The highest BCUT2D eigenvalue weighted by Gasteiger charge is 2.24. The van der Waals surface area contributed by atoms with Crippen LogP contribution < -0.4 is 0 Å². The van der Waals surface area contributed by atoms with Gasteiger partial charge in [0.05, 0.1) is 10.6 Å². The first-order chi connectivity index (χ1) is 10.9. The number of likely N-dealkylation sites (tertiary alicyclic amines) is 1. The quantitative estimate of drug-likeness (QED) is 0.821. The van der Waals surface area contributed by atoms with Crippen molar-refractivity contribution in [1.82, 2.24) is 9.80 Å². The molecule has 2 rings (SSSR count). The van der Waals surface area contributed by atoms with Gasteiger partial charge >= 0.3 is 0 Å². The van der Waals surface area contributed by atoms with Gasteiger partial charge in [0.1, 0.15) is 0 Å². The number of benzene rings is 1. The van der Waals surface area contributed by atoms with E-state index in [0.717, 1.165) is 25.8 Å². The summed E-state index contributed by atoms with van der Waals surface area (Å²) in [4.78, 5) is 16.7. The number of amides is 1. The van der Waals surface area contributed by atoms with Gasteiger partial charge in [-0.25, -0.2) is 8.42 Å². The first-order valence-electron chi connectivity index (χ1n) is 8.12. The Morgan fingerprint density at radius 2 is 1.91 bits per heavy atom. The van der Waals surface area contributed by atoms with Crippen molar-refractivity contribution in [1.29, 1.82) is 0 Å². The fraction of sp³-hybridized carbons (Fsp3) is 0.588.